The van der Waals surface area contributed by atoms with Crippen molar-refractivity contribution in [3.05, 3.63) is 34.1 Å². The van der Waals surface area contributed by atoms with E-state index in [4.69, 9.17) is 5.11 Å². The SMILES string of the molecule is CC(C)(CCNC(=O)Cc1ccc(Br)c(F)c1)C(=O)O. The van der Waals surface area contributed by atoms with Crippen molar-refractivity contribution in [2.75, 3.05) is 6.54 Å². The fourth-order valence-electron chi connectivity index (χ4n) is 1.52. The van der Waals surface area contributed by atoms with E-state index in [0.29, 0.717) is 16.5 Å². The van der Waals surface area contributed by atoms with E-state index in [0.717, 1.165) is 0 Å². The third-order valence-corrected chi connectivity index (χ3v) is 3.64. The van der Waals surface area contributed by atoms with Crippen LogP contribution in [-0.2, 0) is 16.0 Å². The van der Waals surface area contributed by atoms with Crippen LogP contribution in [0.1, 0.15) is 25.8 Å². The topological polar surface area (TPSA) is 66.4 Å². The first kappa shape index (κ1) is 16.6. The number of carboxylic acid groups (broad SMARTS) is 1. The third-order valence-electron chi connectivity index (χ3n) is 3.00. The second-order valence-corrected chi connectivity index (χ2v) is 6.07. The molecule has 0 saturated heterocycles. The molecule has 110 valence electrons. The maximum atomic E-state index is 13.3. The fraction of sp³-hybridized carbons (Fsp3) is 0.429. The lowest BCUT2D eigenvalue weighted by Gasteiger charge is -2.18. The summed E-state index contributed by atoms with van der Waals surface area (Å²) in [4.78, 5) is 22.6. The lowest BCUT2D eigenvalue weighted by molar-refractivity contribution is -0.147. The molecule has 20 heavy (non-hydrogen) atoms. The summed E-state index contributed by atoms with van der Waals surface area (Å²) in [6.07, 6.45) is 0.403. The predicted octanol–water partition coefficient (Wildman–Crippen LogP) is 2.75. The summed E-state index contributed by atoms with van der Waals surface area (Å²) in [5, 5.41) is 11.6. The number of hydrogen-bond donors (Lipinski definition) is 2. The first-order chi connectivity index (χ1) is 9.22. The molecule has 2 N–H and O–H groups in total. The fourth-order valence-corrected chi connectivity index (χ4v) is 1.77. The van der Waals surface area contributed by atoms with Crippen LogP contribution in [0.2, 0.25) is 0 Å². The van der Waals surface area contributed by atoms with E-state index in [2.05, 4.69) is 21.2 Å². The number of amides is 1. The number of carbonyl (C=O) groups is 2. The molecule has 0 aliphatic heterocycles. The zero-order chi connectivity index (χ0) is 15.3. The van der Waals surface area contributed by atoms with Crippen LogP contribution in [-0.4, -0.2) is 23.5 Å². The van der Waals surface area contributed by atoms with Gasteiger partial charge in [-0.15, -0.1) is 0 Å². The summed E-state index contributed by atoms with van der Waals surface area (Å²) in [7, 11) is 0. The summed E-state index contributed by atoms with van der Waals surface area (Å²) in [5.41, 5.74) is -0.308. The molecule has 0 saturated carbocycles. The van der Waals surface area contributed by atoms with E-state index >= 15 is 0 Å². The number of nitrogens with one attached hydrogen (secondary N) is 1. The Labute approximate surface area is 125 Å². The lowest BCUT2D eigenvalue weighted by atomic mass is 9.90. The highest BCUT2D eigenvalue weighted by Gasteiger charge is 2.26. The van der Waals surface area contributed by atoms with Gasteiger partial charge >= 0.3 is 5.97 Å². The van der Waals surface area contributed by atoms with Crippen molar-refractivity contribution in [1.82, 2.24) is 5.32 Å². The first-order valence-electron chi connectivity index (χ1n) is 6.16. The molecule has 0 aliphatic rings. The van der Waals surface area contributed by atoms with Crippen LogP contribution in [0.4, 0.5) is 4.39 Å². The normalized spacial score (nSPS) is 11.2. The van der Waals surface area contributed by atoms with Gasteiger partial charge in [0.05, 0.1) is 16.3 Å². The molecule has 1 aromatic carbocycles. The molecular formula is C14H17BrFNO3. The van der Waals surface area contributed by atoms with Crippen molar-refractivity contribution in [3.8, 4) is 0 Å². The van der Waals surface area contributed by atoms with Crippen LogP contribution >= 0.6 is 15.9 Å². The van der Waals surface area contributed by atoms with Crippen molar-refractivity contribution in [1.29, 1.82) is 0 Å². The summed E-state index contributed by atoms with van der Waals surface area (Å²) >= 11 is 3.04. The van der Waals surface area contributed by atoms with Gasteiger partial charge in [-0.1, -0.05) is 6.07 Å². The van der Waals surface area contributed by atoms with E-state index in [1.54, 1.807) is 26.0 Å². The van der Waals surface area contributed by atoms with Crippen molar-refractivity contribution in [3.63, 3.8) is 0 Å². The molecule has 0 aliphatic carbocycles. The molecule has 0 unspecified atom stereocenters. The van der Waals surface area contributed by atoms with Crippen LogP contribution in [0.25, 0.3) is 0 Å². The van der Waals surface area contributed by atoms with Crippen molar-refractivity contribution < 1.29 is 19.1 Å². The van der Waals surface area contributed by atoms with E-state index in [1.807, 2.05) is 0 Å². The van der Waals surface area contributed by atoms with Gasteiger partial charge in [0.2, 0.25) is 5.91 Å². The Balaban J connectivity index is 2.44. The highest BCUT2D eigenvalue weighted by Crippen LogP contribution is 2.19. The molecule has 0 atom stereocenters. The van der Waals surface area contributed by atoms with Crippen molar-refractivity contribution >= 4 is 27.8 Å². The Bertz CT molecular complexity index is 517. The molecule has 0 aromatic heterocycles. The minimum atomic E-state index is -0.901. The summed E-state index contributed by atoms with van der Waals surface area (Å²) in [6, 6.07) is 4.50. The van der Waals surface area contributed by atoms with Gasteiger partial charge in [0, 0.05) is 6.54 Å². The van der Waals surface area contributed by atoms with Crippen molar-refractivity contribution in [2.45, 2.75) is 26.7 Å². The van der Waals surface area contributed by atoms with Gasteiger partial charge in [0.25, 0.3) is 0 Å². The second-order valence-electron chi connectivity index (χ2n) is 5.21. The molecular weight excluding hydrogens is 329 g/mol. The quantitative estimate of drug-likeness (QED) is 0.832. The Kier molecular flexibility index (Phi) is 5.68. The zero-order valence-corrected chi connectivity index (χ0v) is 13.0. The highest BCUT2D eigenvalue weighted by molar-refractivity contribution is 9.10. The number of rotatable bonds is 6. The molecule has 6 heteroatoms. The monoisotopic (exact) mass is 345 g/mol. The molecule has 0 radical (unpaired) electrons. The summed E-state index contributed by atoms with van der Waals surface area (Å²) in [6.45, 7) is 3.48. The number of aliphatic carboxylic acids is 1. The molecule has 0 heterocycles. The maximum Gasteiger partial charge on any atom is 0.309 e. The maximum absolute atomic E-state index is 13.3. The van der Waals surface area contributed by atoms with Crippen molar-refractivity contribution in [2.24, 2.45) is 5.41 Å². The lowest BCUT2D eigenvalue weighted by Crippen LogP contribution is -2.32. The molecule has 1 amide bonds. The largest absolute Gasteiger partial charge is 0.481 e. The zero-order valence-electron chi connectivity index (χ0n) is 11.4. The predicted molar refractivity (Wildman–Crippen MR) is 76.8 cm³/mol. The summed E-state index contributed by atoms with van der Waals surface area (Å²) in [5.74, 6) is -1.57. The molecule has 1 rings (SSSR count). The van der Waals surface area contributed by atoms with Gasteiger partial charge < -0.3 is 10.4 Å². The Morgan fingerprint density at radius 2 is 2.05 bits per heavy atom. The smallest absolute Gasteiger partial charge is 0.309 e. The minimum Gasteiger partial charge on any atom is -0.481 e. The number of carboxylic acids is 1. The van der Waals surface area contributed by atoms with E-state index in [-0.39, 0.29) is 18.9 Å². The molecule has 1 aromatic rings. The number of benzene rings is 1. The van der Waals surface area contributed by atoms with Crippen LogP contribution in [0, 0.1) is 11.2 Å². The Morgan fingerprint density at radius 3 is 2.60 bits per heavy atom. The average molecular weight is 346 g/mol. The Hall–Kier alpha value is -1.43. The van der Waals surface area contributed by atoms with Gasteiger partial charge in [0.1, 0.15) is 5.82 Å². The van der Waals surface area contributed by atoms with Crippen LogP contribution < -0.4 is 5.32 Å². The van der Waals surface area contributed by atoms with E-state index in [1.165, 1.54) is 6.07 Å². The highest BCUT2D eigenvalue weighted by atomic mass is 79.9. The summed E-state index contributed by atoms with van der Waals surface area (Å²) < 4.78 is 13.6. The minimum absolute atomic E-state index is 0.0672. The van der Waals surface area contributed by atoms with Crippen LogP contribution in [0.3, 0.4) is 0 Å². The van der Waals surface area contributed by atoms with Gasteiger partial charge in [0.15, 0.2) is 0 Å². The number of hydrogen-bond acceptors (Lipinski definition) is 2. The number of carbonyl (C=O) groups excluding carboxylic acids is 1. The van der Waals surface area contributed by atoms with E-state index < -0.39 is 17.2 Å². The second kappa shape index (κ2) is 6.83. The van der Waals surface area contributed by atoms with Gasteiger partial charge in [-0.05, 0) is 53.9 Å². The average Bonchev–Trinajstić information content (AvgIpc) is 2.33. The van der Waals surface area contributed by atoms with Crippen LogP contribution in [0.15, 0.2) is 22.7 Å². The molecule has 4 nitrogen and oxygen atoms in total. The standard InChI is InChI=1S/C14H17BrFNO3/c1-14(2,13(19)20)5-6-17-12(18)8-9-3-4-10(15)11(16)7-9/h3-4,7H,5-6,8H2,1-2H3,(H,17,18)(H,19,20). The molecule has 0 bridgehead atoms. The van der Waals surface area contributed by atoms with Gasteiger partial charge in [-0.25, -0.2) is 4.39 Å². The Morgan fingerprint density at radius 1 is 1.40 bits per heavy atom. The van der Waals surface area contributed by atoms with Gasteiger partial charge in [-0.3, -0.25) is 9.59 Å². The number of halogens is 2. The molecule has 0 fully saturated rings. The van der Waals surface area contributed by atoms with E-state index in [9.17, 15) is 14.0 Å². The first-order valence-corrected chi connectivity index (χ1v) is 6.96. The van der Waals surface area contributed by atoms with Gasteiger partial charge in [-0.2, -0.15) is 0 Å². The van der Waals surface area contributed by atoms with Crippen LogP contribution in [0.5, 0.6) is 0 Å². The molecule has 0 spiro atoms. The third kappa shape index (κ3) is 4.92.